The first-order valence-corrected chi connectivity index (χ1v) is 7.41. The maximum atomic E-state index is 4.51. The van der Waals surface area contributed by atoms with E-state index in [0.29, 0.717) is 6.04 Å². The molecule has 0 saturated heterocycles. The lowest BCUT2D eigenvalue weighted by atomic mass is 10.3. The lowest BCUT2D eigenvalue weighted by molar-refractivity contribution is 0.416. The Labute approximate surface area is 115 Å². The van der Waals surface area contributed by atoms with E-state index in [1.54, 1.807) is 11.3 Å². The molecule has 18 heavy (non-hydrogen) atoms. The van der Waals surface area contributed by atoms with Crippen molar-refractivity contribution in [1.29, 1.82) is 0 Å². The molecule has 5 heteroatoms. The van der Waals surface area contributed by atoms with Gasteiger partial charge in [-0.25, -0.2) is 4.98 Å². The second-order valence-electron chi connectivity index (χ2n) is 4.95. The average Bonchev–Trinajstić information content (AvgIpc) is 2.82. The van der Waals surface area contributed by atoms with Crippen LogP contribution in [0.2, 0.25) is 0 Å². The van der Waals surface area contributed by atoms with Gasteiger partial charge in [-0.15, -0.1) is 11.3 Å². The Balaban J connectivity index is 2.51. The highest BCUT2D eigenvalue weighted by Gasteiger charge is 2.11. The minimum atomic E-state index is 0.401. The summed E-state index contributed by atoms with van der Waals surface area (Å²) in [5.41, 5.74) is 0. The quantitative estimate of drug-likeness (QED) is 0.785. The molecule has 1 heterocycles. The first-order valence-electron chi connectivity index (χ1n) is 6.59. The molecule has 0 amide bonds. The van der Waals surface area contributed by atoms with Crippen molar-refractivity contribution >= 4 is 16.5 Å². The molecule has 1 rings (SSSR count). The summed E-state index contributed by atoms with van der Waals surface area (Å²) in [5.74, 6) is 0. The van der Waals surface area contributed by atoms with E-state index in [9.17, 15) is 0 Å². The van der Waals surface area contributed by atoms with Crippen molar-refractivity contribution in [2.75, 3.05) is 45.7 Å². The first kappa shape index (κ1) is 15.4. The highest BCUT2D eigenvalue weighted by atomic mass is 32.1. The molecule has 0 aromatic carbocycles. The van der Waals surface area contributed by atoms with Crippen LogP contribution in [0.1, 0.15) is 31.2 Å². The zero-order chi connectivity index (χ0) is 13.5. The summed E-state index contributed by atoms with van der Waals surface area (Å²) in [5, 5.41) is 4.60. The van der Waals surface area contributed by atoms with Crippen LogP contribution < -0.4 is 10.2 Å². The number of thiazole rings is 1. The van der Waals surface area contributed by atoms with Crippen molar-refractivity contribution in [3.05, 3.63) is 11.1 Å². The fourth-order valence-corrected chi connectivity index (χ4v) is 2.49. The summed E-state index contributed by atoms with van der Waals surface area (Å²) in [6.45, 7) is 7.51. The number of nitrogens with one attached hydrogen (secondary N) is 1. The second-order valence-corrected chi connectivity index (χ2v) is 5.99. The van der Waals surface area contributed by atoms with Crippen LogP contribution in [0.4, 0.5) is 5.13 Å². The molecule has 1 unspecified atom stereocenters. The molecule has 0 aliphatic heterocycles. The van der Waals surface area contributed by atoms with Gasteiger partial charge in [0.05, 0.1) is 0 Å². The van der Waals surface area contributed by atoms with Gasteiger partial charge in [0.2, 0.25) is 0 Å². The van der Waals surface area contributed by atoms with E-state index in [1.165, 1.54) is 11.3 Å². The van der Waals surface area contributed by atoms with Gasteiger partial charge in [0, 0.05) is 37.3 Å². The maximum absolute atomic E-state index is 4.51. The van der Waals surface area contributed by atoms with Gasteiger partial charge >= 0.3 is 0 Å². The van der Waals surface area contributed by atoms with Gasteiger partial charge in [-0.1, -0.05) is 6.92 Å². The van der Waals surface area contributed by atoms with Crippen LogP contribution in [-0.2, 0) is 0 Å². The van der Waals surface area contributed by atoms with E-state index in [1.807, 2.05) is 6.20 Å². The smallest absolute Gasteiger partial charge is 0.185 e. The van der Waals surface area contributed by atoms with Gasteiger partial charge < -0.3 is 15.1 Å². The molecule has 0 saturated carbocycles. The van der Waals surface area contributed by atoms with Crippen LogP contribution in [-0.4, -0.2) is 50.7 Å². The number of anilines is 1. The second kappa shape index (κ2) is 7.71. The third-order valence-corrected chi connectivity index (χ3v) is 4.14. The third-order valence-electron chi connectivity index (χ3n) is 2.85. The van der Waals surface area contributed by atoms with Crippen molar-refractivity contribution in [2.24, 2.45) is 0 Å². The Morgan fingerprint density at radius 2 is 2.06 bits per heavy atom. The molecule has 0 bridgehead atoms. The van der Waals surface area contributed by atoms with E-state index in [-0.39, 0.29) is 0 Å². The molecule has 104 valence electrons. The molecule has 1 aromatic rings. The average molecular weight is 270 g/mol. The molecule has 0 fully saturated rings. The van der Waals surface area contributed by atoms with E-state index >= 15 is 0 Å². The lowest BCUT2D eigenvalue weighted by Gasteiger charge is -2.18. The summed E-state index contributed by atoms with van der Waals surface area (Å²) < 4.78 is 0. The van der Waals surface area contributed by atoms with Crippen molar-refractivity contribution in [1.82, 2.24) is 15.2 Å². The topological polar surface area (TPSA) is 31.4 Å². The van der Waals surface area contributed by atoms with Crippen LogP contribution in [0.5, 0.6) is 0 Å². The van der Waals surface area contributed by atoms with E-state index in [4.69, 9.17) is 0 Å². The molecule has 1 aromatic heterocycles. The summed E-state index contributed by atoms with van der Waals surface area (Å²) in [6, 6.07) is 0.401. The zero-order valence-electron chi connectivity index (χ0n) is 12.2. The molecule has 0 spiro atoms. The minimum absolute atomic E-state index is 0.401. The summed E-state index contributed by atoms with van der Waals surface area (Å²) in [7, 11) is 6.30. The molecule has 0 radical (unpaired) electrons. The van der Waals surface area contributed by atoms with Gasteiger partial charge in [-0.3, -0.25) is 0 Å². The lowest BCUT2D eigenvalue weighted by Crippen LogP contribution is -2.28. The fraction of sp³-hybridized carbons (Fsp3) is 0.769. The minimum Gasteiger partial charge on any atom is -0.350 e. The molecule has 0 aliphatic carbocycles. The Morgan fingerprint density at radius 1 is 1.33 bits per heavy atom. The highest BCUT2D eigenvalue weighted by Crippen LogP contribution is 2.26. The van der Waals surface area contributed by atoms with Crippen LogP contribution >= 0.6 is 11.3 Å². The summed E-state index contributed by atoms with van der Waals surface area (Å²) in [6.07, 6.45) is 3.16. The maximum Gasteiger partial charge on any atom is 0.185 e. The predicted octanol–water partition coefficient (Wildman–Crippen LogP) is 2.20. The number of likely N-dealkylation sites (N-methyl/N-ethyl adjacent to an activating group) is 2. The molecule has 4 nitrogen and oxygen atoms in total. The Kier molecular flexibility index (Phi) is 6.60. The Morgan fingerprint density at radius 3 is 2.67 bits per heavy atom. The Hall–Kier alpha value is -0.650. The zero-order valence-corrected chi connectivity index (χ0v) is 13.0. The number of nitrogens with zero attached hydrogens (tertiary/aromatic N) is 3. The van der Waals surface area contributed by atoms with Gasteiger partial charge in [-0.05, 0) is 34.0 Å². The molecule has 1 atom stereocenters. The SMILES string of the molecule is CCCNC(C)c1cnc(N(C)CCN(C)C)s1. The van der Waals surface area contributed by atoms with Crippen molar-refractivity contribution in [3.8, 4) is 0 Å². The van der Waals surface area contributed by atoms with E-state index in [2.05, 4.69) is 55.1 Å². The highest BCUT2D eigenvalue weighted by molar-refractivity contribution is 7.15. The predicted molar refractivity (Wildman–Crippen MR) is 80.6 cm³/mol. The van der Waals surface area contributed by atoms with Gasteiger partial charge in [-0.2, -0.15) is 0 Å². The normalized spacial score (nSPS) is 13.0. The number of hydrogen-bond acceptors (Lipinski definition) is 5. The van der Waals surface area contributed by atoms with E-state index < -0.39 is 0 Å². The number of rotatable bonds is 8. The standard InChI is InChI=1S/C13H26N4S/c1-6-7-14-11(2)12-10-15-13(18-12)17(5)9-8-16(3)4/h10-11,14H,6-9H2,1-5H3. The monoisotopic (exact) mass is 270 g/mol. The summed E-state index contributed by atoms with van der Waals surface area (Å²) >= 11 is 1.78. The first-order chi connectivity index (χ1) is 8.54. The van der Waals surface area contributed by atoms with Crippen LogP contribution in [0.25, 0.3) is 0 Å². The van der Waals surface area contributed by atoms with Crippen molar-refractivity contribution < 1.29 is 0 Å². The number of aromatic nitrogens is 1. The molecule has 1 N–H and O–H groups in total. The summed E-state index contributed by atoms with van der Waals surface area (Å²) in [4.78, 5) is 10.2. The molecule has 0 aliphatic rings. The van der Waals surface area contributed by atoms with Crippen LogP contribution in [0.15, 0.2) is 6.20 Å². The van der Waals surface area contributed by atoms with Crippen LogP contribution in [0, 0.1) is 0 Å². The Bertz CT molecular complexity index is 337. The largest absolute Gasteiger partial charge is 0.350 e. The number of hydrogen-bond donors (Lipinski definition) is 1. The van der Waals surface area contributed by atoms with Gasteiger partial charge in [0.1, 0.15) is 0 Å². The van der Waals surface area contributed by atoms with Crippen molar-refractivity contribution in [3.63, 3.8) is 0 Å². The van der Waals surface area contributed by atoms with Crippen molar-refractivity contribution in [2.45, 2.75) is 26.3 Å². The van der Waals surface area contributed by atoms with Gasteiger partial charge in [0.15, 0.2) is 5.13 Å². The molecular weight excluding hydrogens is 244 g/mol. The van der Waals surface area contributed by atoms with Gasteiger partial charge in [0.25, 0.3) is 0 Å². The van der Waals surface area contributed by atoms with Crippen LogP contribution in [0.3, 0.4) is 0 Å². The molecular formula is C13H26N4S. The fourth-order valence-electron chi connectivity index (χ4n) is 1.56. The third kappa shape index (κ3) is 4.92. The van der Waals surface area contributed by atoms with E-state index in [0.717, 1.165) is 24.8 Å².